The first-order valence-electron chi connectivity index (χ1n) is 4.47. The van der Waals surface area contributed by atoms with Gasteiger partial charge in [0, 0.05) is 13.7 Å². The number of hydrogen-bond donors (Lipinski definition) is 1. The Labute approximate surface area is 83.5 Å². The summed E-state index contributed by atoms with van der Waals surface area (Å²) in [4.78, 5) is 0. The number of hydrogen-bond acceptors (Lipinski definition) is 3. The van der Waals surface area contributed by atoms with E-state index in [4.69, 9.17) is 9.05 Å². The molecule has 1 N–H and O–H groups in total. The van der Waals surface area contributed by atoms with E-state index in [9.17, 15) is 0 Å². The monoisotopic (exact) mass is 212 g/mol. The molecule has 1 aromatic rings. The van der Waals surface area contributed by atoms with Gasteiger partial charge >= 0.3 is 0 Å². The molecule has 0 radical (unpaired) electrons. The van der Waals surface area contributed by atoms with Gasteiger partial charge < -0.3 is 9.05 Å². The van der Waals surface area contributed by atoms with Gasteiger partial charge in [0.2, 0.25) is 0 Å². The fourth-order valence-electron chi connectivity index (χ4n) is 1.27. The van der Waals surface area contributed by atoms with E-state index in [0.29, 0.717) is 6.61 Å². The first-order chi connectivity index (χ1) is 6.85. The van der Waals surface area contributed by atoms with Crippen molar-refractivity contribution in [3.8, 4) is 0 Å². The predicted octanol–water partition coefficient (Wildman–Crippen LogP) is 2.53. The number of nitrogens with one attached hydrogen (secondary N) is 1. The molecule has 1 unspecified atom stereocenters. The highest BCUT2D eigenvalue weighted by atomic mass is 31.2. The van der Waals surface area contributed by atoms with Crippen molar-refractivity contribution in [3.05, 3.63) is 30.3 Å². The van der Waals surface area contributed by atoms with Gasteiger partial charge in [-0.05, 0) is 12.1 Å². The summed E-state index contributed by atoms with van der Waals surface area (Å²) in [5.74, 6) is 0. The van der Waals surface area contributed by atoms with Crippen molar-refractivity contribution in [1.82, 2.24) is 5.09 Å². The third-order valence-corrected chi connectivity index (χ3v) is 4.08. The van der Waals surface area contributed by atoms with Crippen LogP contribution in [-0.2, 0) is 9.05 Å². The third-order valence-electron chi connectivity index (χ3n) is 1.93. The SMILES string of the molecule is COP1(=Nc2ccccc2)NCCO1. The molecule has 14 heavy (non-hydrogen) atoms. The van der Waals surface area contributed by atoms with Gasteiger partial charge in [-0.1, -0.05) is 18.2 Å². The Morgan fingerprint density at radius 3 is 2.79 bits per heavy atom. The summed E-state index contributed by atoms with van der Waals surface area (Å²) in [5, 5.41) is 3.17. The lowest BCUT2D eigenvalue weighted by Crippen LogP contribution is -2.03. The fraction of sp³-hybridized carbons (Fsp3) is 0.333. The molecule has 0 aromatic heterocycles. The second-order valence-electron chi connectivity index (χ2n) is 2.88. The van der Waals surface area contributed by atoms with Gasteiger partial charge in [0.15, 0.2) is 0 Å². The van der Waals surface area contributed by atoms with Crippen LogP contribution in [-0.4, -0.2) is 20.3 Å². The van der Waals surface area contributed by atoms with Crippen molar-refractivity contribution in [2.45, 2.75) is 0 Å². The smallest absolute Gasteiger partial charge is 0.292 e. The molecule has 76 valence electrons. The van der Waals surface area contributed by atoms with E-state index in [0.717, 1.165) is 12.2 Å². The average Bonchev–Trinajstić information content (AvgIpc) is 2.69. The lowest BCUT2D eigenvalue weighted by Gasteiger charge is -2.14. The highest BCUT2D eigenvalue weighted by Gasteiger charge is 2.25. The topological polar surface area (TPSA) is 42.8 Å². The zero-order valence-corrected chi connectivity index (χ0v) is 8.91. The summed E-state index contributed by atoms with van der Waals surface area (Å²) in [7, 11) is -0.551. The van der Waals surface area contributed by atoms with Crippen LogP contribution in [0.1, 0.15) is 0 Å². The number of benzene rings is 1. The van der Waals surface area contributed by atoms with E-state index in [1.54, 1.807) is 7.11 Å². The third kappa shape index (κ3) is 2.04. The Bertz CT molecular complexity index is 343. The summed E-state index contributed by atoms with van der Waals surface area (Å²) in [5.41, 5.74) is 0.886. The molecular weight excluding hydrogens is 199 g/mol. The first-order valence-corrected chi connectivity index (χ1v) is 6.05. The maximum absolute atomic E-state index is 5.50. The highest BCUT2D eigenvalue weighted by molar-refractivity contribution is 7.54. The van der Waals surface area contributed by atoms with Crippen molar-refractivity contribution in [3.63, 3.8) is 0 Å². The van der Waals surface area contributed by atoms with E-state index in [1.807, 2.05) is 30.3 Å². The second kappa shape index (κ2) is 4.24. The Morgan fingerprint density at radius 2 is 2.21 bits per heavy atom. The number of nitrogens with zero attached hydrogens (tertiary/aromatic N) is 1. The van der Waals surface area contributed by atoms with Gasteiger partial charge in [0.25, 0.3) is 7.66 Å². The van der Waals surface area contributed by atoms with Crippen LogP contribution in [0.15, 0.2) is 35.1 Å². The van der Waals surface area contributed by atoms with E-state index in [2.05, 4.69) is 9.83 Å². The zero-order chi connectivity index (χ0) is 9.86. The normalized spacial score (nSPS) is 26.4. The van der Waals surface area contributed by atoms with Gasteiger partial charge in [-0.25, -0.2) is 9.83 Å². The Hall–Kier alpha value is -0.670. The standard InChI is InChI=1S/C9H13N2O2P/c1-12-14(10-7-8-13-14)11-9-5-3-2-4-6-9/h2-6,10H,7-8H2,1H3. The predicted molar refractivity (Wildman–Crippen MR) is 56.4 cm³/mol. The van der Waals surface area contributed by atoms with Gasteiger partial charge in [-0.15, -0.1) is 0 Å². The molecule has 0 amide bonds. The van der Waals surface area contributed by atoms with Crippen molar-refractivity contribution < 1.29 is 9.05 Å². The Morgan fingerprint density at radius 1 is 1.43 bits per heavy atom. The van der Waals surface area contributed by atoms with Crippen molar-refractivity contribution in [2.75, 3.05) is 20.3 Å². The lowest BCUT2D eigenvalue weighted by atomic mass is 10.3. The molecule has 1 aromatic carbocycles. The van der Waals surface area contributed by atoms with Crippen LogP contribution in [0.25, 0.3) is 0 Å². The van der Waals surface area contributed by atoms with Crippen LogP contribution in [0.4, 0.5) is 5.69 Å². The van der Waals surface area contributed by atoms with Crippen molar-refractivity contribution in [2.24, 2.45) is 4.74 Å². The van der Waals surface area contributed by atoms with E-state index in [-0.39, 0.29) is 0 Å². The molecule has 1 atom stereocenters. The maximum atomic E-state index is 5.50. The number of rotatable bonds is 2. The minimum atomic E-state index is -2.17. The molecular formula is C9H13N2O2P. The molecule has 0 aliphatic carbocycles. The largest absolute Gasteiger partial charge is 0.315 e. The summed E-state index contributed by atoms with van der Waals surface area (Å²) < 4.78 is 15.3. The summed E-state index contributed by atoms with van der Waals surface area (Å²) >= 11 is 0. The summed E-state index contributed by atoms with van der Waals surface area (Å²) in [6.07, 6.45) is 0. The molecule has 1 aliphatic heterocycles. The maximum Gasteiger partial charge on any atom is 0.292 e. The minimum Gasteiger partial charge on any atom is -0.315 e. The summed E-state index contributed by atoms with van der Waals surface area (Å²) in [6.45, 7) is 1.47. The summed E-state index contributed by atoms with van der Waals surface area (Å²) in [6, 6.07) is 9.72. The zero-order valence-electron chi connectivity index (χ0n) is 8.01. The van der Waals surface area contributed by atoms with Crippen LogP contribution < -0.4 is 5.09 Å². The van der Waals surface area contributed by atoms with Gasteiger partial charge in [0.1, 0.15) is 0 Å². The van der Waals surface area contributed by atoms with Crippen LogP contribution in [0, 0.1) is 0 Å². The molecule has 0 saturated carbocycles. The highest BCUT2D eigenvalue weighted by Crippen LogP contribution is 2.51. The quantitative estimate of drug-likeness (QED) is 0.766. The second-order valence-corrected chi connectivity index (χ2v) is 5.06. The molecule has 0 bridgehead atoms. The average molecular weight is 212 g/mol. The first kappa shape index (κ1) is 9.87. The van der Waals surface area contributed by atoms with Crippen molar-refractivity contribution >= 4 is 13.3 Å². The van der Waals surface area contributed by atoms with E-state index < -0.39 is 7.66 Å². The Balaban J connectivity index is 2.32. The van der Waals surface area contributed by atoms with E-state index >= 15 is 0 Å². The van der Waals surface area contributed by atoms with Crippen LogP contribution >= 0.6 is 7.66 Å². The van der Waals surface area contributed by atoms with Gasteiger partial charge in [-0.3, -0.25) is 0 Å². The van der Waals surface area contributed by atoms with Gasteiger partial charge in [-0.2, -0.15) is 0 Å². The van der Waals surface area contributed by atoms with Crippen molar-refractivity contribution in [1.29, 1.82) is 0 Å². The molecule has 1 heterocycles. The molecule has 1 aliphatic rings. The minimum absolute atomic E-state index is 0.665. The van der Waals surface area contributed by atoms with Crippen LogP contribution in [0.5, 0.6) is 0 Å². The molecule has 0 spiro atoms. The molecule has 5 heteroatoms. The molecule has 1 fully saturated rings. The Kier molecular flexibility index (Phi) is 2.99. The molecule has 2 rings (SSSR count). The van der Waals surface area contributed by atoms with Gasteiger partial charge in [0.05, 0.1) is 12.3 Å². The van der Waals surface area contributed by atoms with Crippen LogP contribution in [0.3, 0.4) is 0 Å². The lowest BCUT2D eigenvalue weighted by molar-refractivity contribution is 0.311. The molecule has 1 saturated heterocycles. The van der Waals surface area contributed by atoms with Crippen LogP contribution in [0.2, 0.25) is 0 Å². The van der Waals surface area contributed by atoms with E-state index in [1.165, 1.54) is 0 Å². The fourth-order valence-corrected chi connectivity index (χ4v) is 2.96. The molecule has 4 nitrogen and oxygen atoms in total.